The van der Waals surface area contributed by atoms with E-state index in [1.807, 2.05) is 26.0 Å². The second-order valence-electron chi connectivity index (χ2n) is 7.64. The molecular weight excluding hydrogens is 468 g/mol. The first-order valence-electron chi connectivity index (χ1n) is 10.7. The molecule has 0 aliphatic rings. The topological polar surface area (TPSA) is 80.7 Å². The lowest BCUT2D eigenvalue weighted by Crippen LogP contribution is -2.09. The van der Waals surface area contributed by atoms with Gasteiger partial charge in [0.05, 0.1) is 33.2 Å². The number of anilines is 1. The Morgan fingerprint density at radius 2 is 1.83 bits per heavy atom. The van der Waals surface area contributed by atoms with Crippen molar-refractivity contribution in [1.82, 2.24) is 19.9 Å². The van der Waals surface area contributed by atoms with Gasteiger partial charge in [0.2, 0.25) is 0 Å². The van der Waals surface area contributed by atoms with Crippen LogP contribution in [0.3, 0.4) is 0 Å². The van der Waals surface area contributed by atoms with Crippen LogP contribution in [0.15, 0.2) is 60.0 Å². The largest absolute Gasteiger partial charge is 0.299 e. The molecule has 1 unspecified atom stereocenters. The SMILES string of the molecule is CCc1ncnc(-c2ccnc(C)c2)c1C#Cc1cnc(C)c(NS(=O)c2ccc(F)cc2F)c1. The molecule has 0 aliphatic heterocycles. The zero-order valence-corrected chi connectivity index (χ0v) is 20.1. The van der Waals surface area contributed by atoms with Gasteiger partial charge in [-0.2, -0.15) is 0 Å². The number of hydrogen-bond donors (Lipinski definition) is 1. The maximum Gasteiger partial charge on any atom is 0.153 e. The number of aromatic nitrogens is 4. The number of halogens is 2. The van der Waals surface area contributed by atoms with Gasteiger partial charge in [0, 0.05) is 35.3 Å². The van der Waals surface area contributed by atoms with Crippen molar-refractivity contribution in [2.75, 3.05) is 4.72 Å². The van der Waals surface area contributed by atoms with Gasteiger partial charge in [0.1, 0.15) is 18.0 Å². The van der Waals surface area contributed by atoms with Gasteiger partial charge in [-0.15, -0.1) is 0 Å². The highest BCUT2D eigenvalue weighted by Crippen LogP contribution is 2.24. The van der Waals surface area contributed by atoms with Crippen LogP contribution in [0.4, 0.5) is 14.5 Å². The minimum atomic E-state index is -1.95. The molecule has 1 aromatic carbocycles. The number of aryl methyl sites for hydroxylation is 3. The minimum absolute atomic E-state index is 0.159. The van der Waals surface area contributed by atoms with E-state index in [9.17, 15) is 13.0 Å². The van der Waals surface area contributed by atoms with E-state index in [4.69, 9.17) is 0 Å². The Kier molecular flexibility index (Phi) is 7.22. The van der Waals surface area contributed by atoms with Crippen LogP contribution in [0.2, 0.25) is 0 Å². The van der Waals surface area contributed by atoms with Crippen molar-refractivity contribution in [2.45, 2.75) is 32.1 Å². The van der Waals surface area contributed by atoms with Crippen LogP contribution in [-0.2, 0) is 17.4 Å². The minimum Gasteiger partial charge on any atom is -0.299 e. The number of hydrogen-bond acceptors (Lipinski definition) is 5. The summed E-state index contributed by atoms with van der Waals surface area (Å²) in [7, 11) is -1.95. The molecule has 0 radical (unpaired) electrons. The molecule has 6 nitrogen and oxygen atoms in total. The van der Waals surface area contributed by atoms with E-state index in [0.717, 1.165) is 29.1 Å². The molecule has 0 amide bonds. The van der Waals surface area contributed by atoms with Crippen molar-refractivity contribution >= 4 is 16.7 Å². The summed E-state index contributed by atoms with van der Waals surface area (Å²) in [6.07, 6.45) is 5.52. The maximum atomic E-state index is 14.0. The molecular formula is C26H21F2N5OS. The van der Waals surface area contributed by atoms with E-state index in [-0.39, 0.29) is 4.90 Å². The summed E-state index contributed by atoms with van der Waals surface area (Å²) in [6, 6.07) is 8.38. The van der Waals surface area contributed by atoms with Crippen molar-refractivity contribution in [1.29, 1.82) is 0 Å². The standard InChI is InChI=1S/C26H21F2N5OS/c1-4-23-21(26(32-15-31-23)19-9-10-29-16(2)11-19)7-5-18-12-24(17(3)30-14-18)33-35(34)25-8-6-20(27)13-22(25)28/h6,8-15,33H,4H2,1-3H3. The molecule has 4 aromatic rings. The first-order chi connectivity index (χ1) is 16.9. The molecule has 0 spiro atoms. The van der Waals surface area contributed by atoms with Gasteiger partial charge in [0.25, 0.3) is 0 Å². The quantitative estimate of drug-likeness (QED) is 0.402. The highest BCUT2D eigenvalue weighted by molar-refractivity contribution is 7.86. The number of pyridine rings is 2. The summed E-state index contributed by atoms with van der Waals surface area (Å²) in [5.41, 5.74) is 5.50. The van der Waals surface area contributed by atoms with Gasteiger partial charge in [-0.1, -0.05) is 18.8 Å². The Balaban J connectivity index is 1.68. The molecule has 3 heterocycles. The molecule has 0 fully saturated rings. The Hall–Kier alpha value is -4.03. The summed E-state index contributed by atoms with van der Waals surface area (Å²) >= 11 is 0. The molecule has 9 heteroatoms. The number of nitrogens with zero attached hydrogens (tertiary/aromatic N) is 4. The predicted octanol–water partition coefficient (Wildman–Crippen LogP) is 4.93. The van der Waals surface area contributed by atoms with Crippen molar-refractivity contribution in [3.8, 4) is 23.1 Å². The molecule has 176 valence electrons. The Labute approximate surface area is 204 Å². The maximum absolute atomic E-state index is 14.0. The normalized spacial score (nSPS) is 11.5. The van der Waals surface area contributed by atoms with Gasteiger partial charge >= 0.3 is 0 Å². The van der Waals surface area contributed by atoms with Crippen LogP contribution in [0, 0.1) is 37.3 Å². The van der Waals surface area contributed by atoms with E-state index in [1.54, 1.807) is 25.4 Å². The molecule has 3 aromatic heterocycles. The fourth-order valence-electron chi connectivity index (χ4n) is 3.35. The van der Waals surface area contributed by atoms with Crippen LogP contribution in [0.25, 0.3) is 11.3 Å². The Morgan fingerprint density at radius 1 is 1.00 bits per heavy atom. The fraction of sp³-hybridized carbons (Fsp3) is 0.154. The van der Waals surface area contributed by atoms with Gasteiger partial charge in [-0.05, 0) is 50.6 Å². The first-order valence-corrected chi connectivity index (χ1v) is 11.9. The average Bonchev–Trinajstić information content (AvgIpc) is 2.84. The molecule has 1 N–H and O–H groups in total. The highest BCUT2D eigenvalue weighted by Gasteiger charge is 2.14. The number of nitrogens with one attached hydrogen (secondary N) is 1. The molecule has 0 bridgehead atoms. The predicted molar refractivity (Wildman–Crippen MR) is 131 cm³/mol. The zero-order valence-electron chi connectivity index (χ0n) is 19.3. The van der Waals surface area contributed by atoms with Gasteiger partial charge in [-0.3, -0.25) is 14.7 Å². The smallest absolute Gasteiger partial charge is 0.153 e. The van der Waals surface area contributed by atoms with Gasteiger partial charge in [0.15, 0.2) is 11.0 Å². The summed E-state index contributed by atoms with van der Waals surface area (Å²) in [5, 5.41) is 0. The van der Waals surface area contributed by atoms with E-state index < -0.39 is 22.6 Å². The lowest BCUT2D eigenvalue weighted by atomic mass is 10.0. The third kappa shape index (κ3) is 5.55. The van der Waals surface area contributed by atoms with Gasteiger partial charge in [-0.25, -0.2) is 23.0 Å². The van der Waals surface area contributed by atoms with Gasteiger partial charge < -0.3 is 0 Å². The van der Waals surface area contributed by atoms with E-state index in [0.29, 0.717) is 40.7 Å². The molecule has 0 aliphatic carbocycles. The molecule has 0 saturated carbocycles. The van der Waals surface area contributed by atoms with Crippen molar-refractivity contribution in [3.05, 3.63) is 95.0 Å². The first kappa shape index (κ1) is 24.1. The monoisotopic (exact) mass is 489 g/mol. The van der Waals surface area contributed by atoms with E-state index in [2.05, 4.69) is 36.5 Å². The Bertz CT molecular complexity index is 1500. The third-order valence-electron chi connectivity index (χ3n) is 5.15. The van der Waals surface area contributed by atoms with E-state index >= 15 is 0 Å². The molecule has 1 atom stereocenters. The second kappa shape index (κ2) is 10.5. The summed E-state index contributed by atoms with van der Waals surface area (Å²) in [5.74, 6) is 4.63. The Morgan fingerprint density at radius 3 is 2.57 bits per heavy atom. The zero-order chi connectivity index (χ0) is 24.9. The van der Waals surface area contributed by atoms with Crippen LogP contribution < -0.4 is 4.72 Å². The van der Waals surface area contributed by atoms with Crippen molar-refractivity contribution < 1.29 is 13.0 Å². The van der Waals surface area contributed by atoms with Crippen LogP contribution >= 0.6 is 0 Å². The van der Waals surface area contributed by atoms with Crippen molar-refractivity contribution in [2.24, 2.45) is 0 Å². The highest BCUT2D eigenvalue weighted by atomic mass is 32.2. The lowest BCUT2D eigenvalue weighted by molar-refractivity contribution is 0.562. The number of rotatable bonds is 5. The van der Waals surface area contributed by atoms with E-state index in [1.165, 1.54) is 6.33 Å². The summed E-state index contributed by atoms with van der Waals surface area (Å²) in [4.78, 5) is 17.2. The second-order valence-corrected chi connectivity index (χ2v) is 8.82. The average molecular weight is 490 g/mol. The van der Waals surface area contributed by atoms with Crippen LogP contribution in [0.5, 0.6) is 0 Å². The lowest BCUT2D eigenvalue weighted by Gasteiger charge is -2.10. The van der Waals surface area contributed by atoms with Crippen LogP contribution in [0.1, 0.15) is 35.1 Å². The molecule has 0 saturated heterocycles. The third-order valence-corrected chi connectivity index (χ3v) is 6.28. The van der Waals surface area contributed by atoms with Crippen LogP contribution in [-0.4, -0.2) is 24.1 Å². The molecule has 4 rings (SSSR count). The number of benzene rings is 1. The molecule has 35 heavy (non-hydrogen) atoms. The summed E-state index contributed by atoms with van der Waals surface area (Å²) in [6.45, 7) is 5.63. The summed E-state index contributed by atoms with van der Waals surface area (Å²) < 4.78 is 42.6. The van der Waals surface area contributed by atoms with Crippen molar-refractivity contribution in [3.63, 3.8) is 0 Å². The fourth-order valence-corrected chi connectivity index (χ4v) is 4.30.